The van der Waals surface area contributed by atoms with Gasteiger partial charge in [0.1, 0.15) is 0 Å². The van der Waals surface area contributed by atoms with Crippen molar-refractivity contribution >= 4 is 50.7 Å². The Labute approximate surface area is 197 Å². The lowest BCUT2D eigenvalue weighted by molar-refractivity contribution is -0.191. The van der Waals surface area contributed by atoms with E-state index in [1.165, 1.54) is 11.0 Å². The molecule has 3 heterocycles. The highest BCUT2D eigenvalue weighted by Gasteiger charge is 2.60. The second-order valence-electron chi connectivity index (χ2n) is 8.55. The minimum absolute atomic E-state index is 0. The molecule has 0 radical (unpaired) electrons. The highest BCUT2D eigenvalue weighted by Crippen LogP contribution is 2.42. The summed E-state index contributed by atoms with van der Waals surface area (Å²) in [6, 6.07) is 10.0. The summed E-state index contributed by atoms with van der Waals surface area (Å²) in [5, 5.41) is 15.6. The number of rotatable bonds is 3. The molecule has 32 heavy (non-hydrogen) atoms. The molecule has 1 amide bonds. The number of fused-ring (bicyclic) bond motifs is 2. The Morgan fingerprint density at radius 3 is 2.50 bits per heavy atom. The molecule has 2 N–H and O–H groups in total. The maximum absolute atomic E-state index is 13.4. The number of piperidine rings is 1. The van der Waals surface area contributed by atoms with Crippen molar-refractivity contribution in [3.05, 3.63) is 41.4 Å². The number of benzene rings is 2. The van der Waals surface area contributed by atoms with E-state index in [2.05, 4.69) is 5.32 Å². The largest absolute Gasteiger partial charge is 0.391 e. The molecular formula is C21H25Cl2N3O5S. The molecule has 0 bridgehead atoms. The van der Waals surface area contributed by atoms with Crippen LogP contribution >= 0.6 is 24.0 Å². The number of aliphatic hydroxyl groups is 1. The third-order valence-corrected chi connectivity index (χ3v) is 8.58. The van der Waals surface area contributed by atoms with Crippen molar-refractivity contribution in [3.8, 4) is 0 Å². The Hall–Kier alpha value is -1.46. The number of nitrogens with zero attached hydrogens (tertiary/aromatic N) is 2. The highest BCUT2D eigenvalue weighted by atomic mass is 35.5. The quantitative estimate of drug-likeness (QED) is 0.662. The van der Waals surface area contributed by atoms with Crippen LogP contribution in [0.2, 0.25) is 5.02 Å². The summed E-state index contributed by atoms with van der Waals surface area (Å²) in [5.41, 5.74) is -1.91. The monoisotopic (exact) mass is 501 g/mol. The Morgan fingerprint density at radius 1 is 1.09 bits per heavy atom. The van der Waals surface area contributed by atoms with Crippen LogP contribution in [0.5, 0.6) is 0 Å². The van der Waals surface area contributed by atoms with Crippen LogP contribution < -0.4 is 5.32 Å². The number of hydrogen-bond acceptors (Lipinski definition) is 6. The molecule has 8 nitrogen and oxygen atoms in total. The van der Waals surface area contributed by atoms with Crippen LogP contribution in [0.25, 0.3) is 10.8 Å². The van der Waals surface area contributed by atoms with E-state index in [4.69, 9.17) is 16.3 Å². The van der Waals surface area contributed by atoms with Crippen molar-refractivity contribution in [1.82, 2.24) is 14.5 Å². The molecule has 2 aromatic carbocycles. The van der Waals surface area contributed by atoms with Gasteiger partial charge in [0, 0.05) is 5.02 Å². The topological polar surface area (TPSA) is 99.2 Å². The lowest BCUT2D eigenvalue weighted by Gasteiger charge is -2.43. The van der Waals surface area contributed by atoms with Gasteiger partial charge in [0.25, 0.3) is 0 Å². The van der Waals surface area contributed by atoms with Gasteiger partial charge in [-0.05, 0) is 61.0 Å². The van der Waals surface area contributed by atoms with Crippen LogP contribution in [-0.4, -0.2) is 79.3 Å². The smallest absolute Gasteiger partial charge is 0.243 e. The fourth-order valence-corrected chi connectivity index (χ4v) is 6.55. The van der Waals surface area contributed by atoms with E-state index in [0.29, 0.717) is 24.4 Å². The molecule has 0 saturated carbocycles. The Balaban J connectivity index is 0.00000245. The third kappa shape index (κ3) is 3.79. The maximum atomic E-state index is 13.4. The van der Waals surface area contributed by atoms with Crippen molar-refractivity contribution < 1.29 is 23.1 Å². The molecule has 3 aliphatic heterocycles. The van der Waals surface area contributed by atoms with Gasteiger partial charge in [0.15, 0.2) is 5.72 Å². The summed E-state index contributed by atoms with van der Waals surface area (Å²) in [6.07, 6.45) is 1.41. The third-order valence-electron chi connectivity index (χ3n) is 6.55. The fraction of sp³-hybridized carbons (Fsp3) is 0.476. The Bertz CT molecular complexity index is 1160. The van der Waals surface area contributed by atoms with Crippen molar-refractivity contribution in [3.63, 3.8) is 0 Å². The van der Waals surface area contributed by atoms with Gasteiger partial charge >= 0.3 is 0 Å². The lowest BCUT2D eigenvalue weighted by atomic mass is 9.92. The molecule has 174 valence electrons. The van der Waals surface area contributed by atoms with Crippen molar-refractivity contribution in [2.75, 3.05) is 39.3 Å². The minimum Gasteiger partial charge on any atom is -0.391 e. The molecule has 3 fully saturated rings. The van der Waals surface area contributed by atoms with Gasteiger partial charge in [-0.2, -0.15) is 4.31 Å². The normalized spacial score (nSPS) is 25.7. The van der Waals surface area contributed by atoms with Gasteiger partial charge in [-0.1, -0.05) is 23.7 Å². The molecule has 2 aromatic rings. The van der Waals surface area contributed by atoms with E-state index >= 15 is 0 Å². The van der Waals surface area contributed by atoms with E-state index in [-0.39, 0.29) is 36.3 Å². The molecule has 0 aromatic heterocycles. The van der Waals surface area contributed by atoms with Crippen molar-refractivity contribution in [2.45, 2.75) is 29.1 Å². The highest BCUT2D eigenvalue weighted by molar-refractivity contribution is 7.89. The van der Waals surface area contributed by atoms with Crippen molar-refractivity contribution in [1.29, 1.82) is 0 Å². The number of hydrogen-bond donors (Lipinski definition) is 2. The van der Waals surface area contributed by atoms with E-state index in [1.807, 2.05) is 0 Å². The number of halogens is 2. The van der Waals surface area contributed by atoms with E-state index in [0.717, 1.165) is 28.2 Å². The molecule has 1 spiro atoms. The summed E-state index contributed by atoms with van der Waals surface area (Å²) in [4.78, 5) is 14.6. The number of aliphatic hydroxyl groups excluding tert-OH is 1. The predicted octanol–water partition coefficient (Wildman–Crippen LogP) is 1.59. The van der Waals surface area contributed by atoms with Gasteiger partial charge in [0.2, 0.25) is 15.9 Å². The Kier molecular flexibility index (Phi) is 6.21. The number of carbonyl (C=O) groups excluding carboxylic acids is 1. The minimum atomic E-state index is -3.98. The van der Waals surface area contributed by atoms with Crippen LogP contribution in [0.4, 0.5) is 0 Å². The molecule has 1 atom stereocenters. The van der Waals surface area contributed by atoms with Crippen LogP contribution in [0.3, 0.4) is 0 Å². The first-order chi connectivity index (χ1) is 14.8. The molecule has 5 rings (SSSR count). The van der Waals surface area contributed by atoms with Crippen LogP contribution in [0, 0.1) is 0 Å². The summed E-state index contributed by atoms with van der Waals surface area (Å²) < 4.78 is 34.3. The lowest BCUT2D eigenvalue weighted by Crippen LogP contribution is -2.65. The molecular weight excluding hydrogens is 477 g/mol. The van der Waals surface area contributed by atoms with E-state index in [1.54, 1.807) is 30.3 Å². The SMILES string of the molecule is Cl.O=C1CN(S(=O)(=O)c2ccc3cc(Cl)ccc3c2)CC2(CO)OC3(CCNCC3)CN12. The van der Waals surface area contributed by atoms with Crippen LogP contribution in [-0.2, 0) is 19.6 Å². The molecule has 3 saturated heterocycles. The van der Waals surface area contributed by atoms with Gasteiger partial charge in [-0.3, -0.25) is 4.79 Å². The average Bonchev–Trinajstić information content (AvgIpc) is 3.08. The first kappa shape index (κ1) is 23.7. The van der Waals surface area contributed by atoms with E-state index in [9.17, 15) is 18.3 Å². The fourth-order valence-electron chi connectivity index (χ4n) is 4.91. The first-order valence-electron chi connectivity index (χ1n) is 10.3. The molecule has 3 aliphatic rings. The number of piperazine rings is 1. The standard InChI is InChI=1S/C21H24ClN3O5S.ClH/c22-17-3-1-16-10-18(4-2-15(16)9-17)31(28,29)24-11-19(27)25-12-20(5-7-23-8-6-20)30-21(25,13-24)14-26;/h1-4,9-10,23,26H,5-8,11-14H2;1H. The van der Waals surface area contributed by atoms with Gasteiger partial charge in [0.05, 0.1) is 36.7 Å². The number of amides is 1. The van der Waals surface area contributed by atoms with Gasteiger partial charge < -0.3 is 20.1 Å². The van der Waals surface area contributed by atoms with Gasteiger partial charge in [-0.25, -0.2) is 8.42 Å². The first-order valence-corrected chi connectivity index (χ1v) is 12.1. The molecule has 11 heteroatoms. The average molecular weight is 502 g/mol. The van der Waals surface area contributed by atoms with E-state index < -0.39 is 28.0 Å². The molecule has 0 aliphatic carbocycles. The number of ether oxygens (including phenoxy) is 1. The zero-order valence-electron chi connectivity index (χ0n) is 17.3. The van der Waals surface area contributed by atoms with Crippen LogP contribution in [0.1, 0.15) is 12.8 Å². The van der Waals surface area contributed by atoms with Gasteiger partial charge in [-0.15, -0.1) is 12.4 Å². The second-order valence-corrected chi connectivity index (χ2v) is 10.9. The Morgan fingerprint density at radius 2 is 1.78 bits per heavy atom. The van der Waals surface area contributed by atoms with Crippen LogP contribution in [0.15, 0.2) is 41.3 Å². The number of sulfonamides is 1. The maximum Gasteiger partial charge on any atom is 0.243 e. The number of carbonyl (C=O) groups is 1. The summed E-state index contributed by atoms with van der Waals surface area (Å²) >= 11 is 6.02. The summed E-state index contributed by atoms with van der Waals surface area (Å²) in [7, 11) is -3.98. The molecule has 1 unspecified atom stereocenters. The summed E-state index contributed by atoms with van der Waals surface area (Å²) in [6.45, 7) is 1.04. The second kappa shape index (κ2) is 8.39. The zero-order valence-corrected chi connectivity index (χ0v) is 19.7. The summed E-state index contributed by atoms with van der Waals surface area (Å²) in [5.74, 6) is -0.355. The predicted molar refractivity (Wildman–Crippen MR) is 122 cm³/mol. The zero-order chi connectivity index (χ0) is 21.9. The van der Waals surface area contributed by atoms with Crippen molar-refractivity contribution in [2.24, 2.45) is 0 Å². The number of nitrogens with one attached hydrogen (secondary N) is 1.